The van der Waals surface area contributed by atoms with Crippen molar-refractivity contribution in [2.75, 3.05) is 13.7 Å². The summed E-state index contributed by atoms with van der Waals surface area (Å²) in [5.74, 6) is 0.494. The predicted molar refractivity (Wildman–Crippen MR) is 91.4 cm³/mol. The number of methoxy groups -OCH3 is 1. The van der Waals surface area contributed by atoms with Gasteiger partial charge < -0.3 is 14.5 Å². The fourth-order valence-electron chi connectivity index (χ4n) is 2.77. The molecule has 3 aromatic rings. The molecule has 0 saturated heterocycles. The maximum Gasteiger partial charge on any atom is 0.251 e. The number of rotatable bonds is 6. The van der Waals surface area contributed by atoms with Crippen molar-refractivity contribution in [3.05, 3.63) is 47.5 Å². The molecule has 6 heteroatoms. The number of carbonyl (C=O) groups is 1. The highest BCUT2D eigenvalue weighted by atomic mass is 16.5. The first-order chi connectivity index (χ1) is 11.6. The van der Waals surface area contributed by atoms with Crippen molar-refractivity contribution in [2.24, 2.45) is 0 Å². The van der Waals surface area contributed by atoms with E-state index >= 15 is 0 Å². The number of hydrogen-bond donors (Lipinski definition) is 1. The molecule has 0 unspecified atom stereocenters. The third-order valence-corrected chi connectivity index (χ3v) is 3.95. The number of ether oxygens (including phenoxy) is 1. The van der Waals surface area contributed by atoms with E-state index in [1.54, 1.807) is 25.5 Å². The summed E-state index contributed by atoms with van der Waals surface area (Å²) in [6.07, 6.45) is 2.40. The quantitative estimate of drug-likeness (QED) is 0.706. The maximum atomic E-state index is 12.3. The van der Waals surface area contributed by atoms with Crippen molar-refractivity contribution >= 4 is 16.9 Å². The minimum Gasteiger partial charge on any atom is -0.496 e. The van der Waals surface area contributed by atoms with Gasteiger partial charge in [-0.2, -0.15) is 5.10 Å². The Morgan fingerprint density at radius 1 is 1.33 bits per heavy atom. The van der Waals surface area contributed by atoms with Gasteiger partial charge in [0.05, 0.1) is 24.5 Å². The Balaban J connectivity index is 1.60. The number of carbonyl (C=O) groups excluding carboxylic acids is 1. The lowest BCUT2D eigenvalue weighted by Crippen LogP contribution is -2.25. The Hall–Kier alpha value is -2.76. The van der Waals surface area contributed by atoms with Crippen molar-refractivity contribution in [3.63, 3.8) is 0 Å². The van der Waals surface area contributed by atoms with Gasteiger partial charge >= 0.3 is 0 Å². The molecule has 1 amide bonds. The fraction of sp³-hybridized carbons (Fsp3) is 0.333. The number of fused-ring (bicyclic) bond motifs is 1. The molecule has 0 fully saturated rings. The molecule has 2 aromatic heterocycles. The maximum absolute atomic E-state index is 12.3. The van der Waals surface area contributed by atoms with Crippen LogP contribution in [0.1, 0.15) is 28.2 Å². The monoisotopic (exact) mass is 327 g/mol. The van der Waals surface area contributed by atoms with Crippen LogP contribution in [0.25, 0.3) is 11.0 Å². The smallest absolute Gasteiger partial charge is 0.251 e. The van der Waals surface area contributed by atoms with E-state index < -0.39 is 0 Å². The standard InChI is InChI=1S/C18H21N3O3/c1-12-9-13(2)21(20-12)7-4-6-19-18(22)14-10-16(23-3)15-5-8-24-17(15)11-14/h5,8-11H,4,6-7H2,1-3H3,(H,19,22). The number of nitrogens with one attached hydrogen (secondary N) is 1. The summed E-state index contributed by atoms with van der Waals surface area (Å²) < 4.78 is 12.7. The Morgan fingerprint density at radius 2 is 2.17 bits per heavy atom. The van der Waals surface area contributed by atoms with Gasteiger partial charge in [-0.25, -0.2) is 0 Å². The lowest BCUT2D eigenvalue weighted by Gasteiger charge is -2.08. The zero-order chi connectivity index (χ0) is 17.1. The van der Waals surface area contributed by atoms with Crippen molar-refractivity contribution < 1.29 is 13.9 Å². The molecule has 0 aliphatic heterocycles. The minimum absolute atomic E-state index is 0.139. The molecule has 0 aliphatic carbocycles. The van der Waals surface area contributed by atoms with E-state index in [1.807, 2.05) is 30.7 Å². The van der Waals surface area contributed by atoms with E-state index in [0.29, 0.717) is 23.4 Å². The van der Waals surface area contributed by atoms with E-state index in [9.17, 15) is 4.79 Å². The van der Waals surface area contributed by atoms with Gasteiger partial charge in [-0.15, -0.1) is 0 Å². The highest BCUT2D eigenvalue weighted by Gasteiger charge is 2.12. The molecule has 3 rings (SSSR count). The molecule has 0 bridgehead atoms. The zero-order valence-corrected chi connectivity index (χ0v) is 14.1. The summed E-state index contributed by atoms with van der Waals surface area (Å²) in [7, 11) is 1.58. The van der Waals surface area contributed by atoms with Gasteiger partial charge in [-0.1, -0.05) is 0 Å². The Kier molecular flexibility index (Phi) is 4.55. The first kappa shape index (κ1) is 16.1. The van der Waals surface area contributed by atoms with Crippen LogP contribution in [0.5, 0.6) is 5.75 Å². The molecule has 1 aromatic carbocycles. The molecule has 1 N–H and O–H groups in total. The van der Waals surface area contributed by atoms with Gasteiger partial charge in [0.25, 0.3) is 5.91 Å². The second-order valence-electron chi connectivity index (χ2n) is 5.77. The van der Waals surface area contributed by atoms with Crippen LogP contribution in [-0.2, 0) is 6.54 Å². The number of furan rings is 1. The summed E-state index contributed by atoms with van der Waals surface area (Å²) in [4.78, 5) is 12.3. The first-order valence-corrected chi connectivity index (χ1v) is 7.93. The zero-order valence-electron chi connectivity index (χ0n) is 14.1. The second-order valence-corrected chi connectivity index (χ2v) is 5.77. The molecule has 0 spiro atoms. The topological polar surface area (TPSA) is 69.3 Å². The number of hydrogen-bond acceptors (Lipinski definition) is 4. The van der Waals surface area contributed by atoms with Crippen molar-refractivity contribution in [1.82, 2.24) is 15.1 Å². The Labute approximate surface area is 140 Å². The van der Waals surface area contributed by atoms with Crippen molar-refractivity contribution in [2.45, 2.75) is 26.8 Å². The fourth-order valence-corrected chi connectivity index (χ4v) is 2.77. The van der Waals surface area contributed by atoms with Gasteiger partial charge in [0.1, 0.15) is 11.3 Å². The summed E-state index contributed by atoms with van der Waals surface area (Å²) in [6, 6.07) is 7.33. The summed E-state index contributed by atoms with van der Waals surface area (Å²) in [6.45, 7) is 5.36. The van der Waals surface area contributed by atoms with Crippen molar-refractivity contribution in [1.29, 1.82) is 0 Å². The lowest BCUT2D eigenvalue weighted by atomic mass is 10.1. The van der Waals surface area contributed by atoms with Gasteiger partial charge in [-0.05, 0) is 44.5 Å². The SMILES string of the molecule is COc1cc(C(=O)NCCCn2nc(C)cc2C)cc2occc12. The summed E-state index contributed by atoms with van der Waals surface area (Å²) in [5.41, 5.74) is 3.31. The molecule has 24 heavy (non-hydrogen) atoms. The van der Waals surface area contributed by atoms with Crippen LogP contribution in [0.2, 0.25) is 0 Å². The van der Waals surface area contributed by atoms with Gasteiger partial charge in [0.2, 0.25) is 0 Å². The molecule has 0 radical (unpaired) electrons. The molecule has 0 aliphatic rings. The molecule has 0 atom stereocenters. The average Bonchev–Trinajstić information content (AvgIpc) is 3.16. The first-order valence-electron chi connectivity index (χ1n) is 7.93. The van der Waals surface area contributed by atoms with Crippen LogP contribution in [0.15, 0.2) is 34.9 Å². The lowest BCUT2D eigenvalue weighted by molar-refractivity contribution is 0.0952. The molecule has 6 nitrogen and oxygen atoms in total. The number of aryl methyl sites for hydroxylation is 3. The van der Waals surface area contributed by atoms with Crippen LogP contribution in [-0.4, -0.2) is 29.3 Å². The number of amides is 1. The Bertz CT molecular complexity index is 864. The van der Waals surface area contributed by atoms with Crippen LogP contribution >= 0.6 is 0 Å². The number of nitrogens with zero attached hydrogens (tertiary/aromatic N) is 2. The Morgan fingerprint density at radius 3 is 2.88 bits per heavy atom. The van der Waals surface area contributed by atoms with E-state index in [4.69, 9.17) is 9.15 Å². The number of aromatic nitrogens is 2. The number of benzene rings is 1. The highest BCUT2D eigenvalue weighted by Crippen LogP contribution is 2.28. The van der Waals surface area contributed by atoms with E-state index in [0.717, 1.165) is 29.7 Å². The second kappa shape index (κ2) is 6.78. The van der Waals surface area contributed by atoms with Crippen LogP contribution in [0.3, 0.4) is 0 Å². The molecule has 0 saturated carbocycles. The van der Waals surface area contributed by atoms with Crippen molar-refractivity contribution in [3.8, 4) is 5.75 Å². The van der Waals surface area contributed by atoms with E-state index in [1.165, 1.54) is 0 Å². The molecule has 126 valence electrons. The van der Waals surface area contributed by atoms with E-state index in [-0.39, 0.29) is 5.91 Å². The molecule has 2 heterocycles. The third-order valence-electron chi connectivity index (χ3n) is 3.95. The van der Waals surface area contributed by atoms with Gasteiger partial charge in [0, 0.05) is 24.3 Å². The summed E-state index contributed by atoms with van der Waals surface area (Å²) >= 11 is 0. The van der Waals surface area contributed by atoms with Crippen LogP contribution in [0, 0.1) is 13.8 Å². The summed E-state index contributed by atoms with van der Waals surface area (Å²) in [5, 5.41) is 8.20. The third kappa shape index (κ3) is 3.27. The van der Waals surface area contributed by atoms with E-state index in [2.05, 4.69) is 10.4 Å². The molecular formula is C18H21N3O3. The predicted octanol–water partition coefficient (Wildman–Crippen LogP) is 3.07. The minimum atomic E-state index is -0.139. The average molecular weight is 327 g/mol. The van der Waals surface area contributed by atoms with Crippen LogP contribution < -0.4 is 10.1 Å². The van der Waals surface area contributed by atoms with Crippen LogP contribution in [0.4, 0.5) is 0 Å². The normalized spacial score (nSPS) is 11.0. The van der Waals surface area contributed by atoms with Gasteiger partial charge in [0.15, 0.2) is 0 Å². The largest absolute Gasteiger partial charge is 0.496 e. The highest BCUT2D eigenvalue weighted by molar-refractivity contribution is 5.99. The molecular weight excluding hydrogens is 306 g/mol. The van der Waals surface area contributed by atoms with Gasteiger partial charge in [-0.3, -0.25) is 9.48 Å².